The highest BCUT2D eigenvalue weighted by Crippen LogP contribution is 2.56. The van der Waals surface area contributed by atoms with Crippen molar-refractivity contribution in [2.45, 2.75) is 57.5 Å². The number of halogens is 1. The largest absolute Gasteiger partial charge is 0.350 e. The van der Waals surface area contributed by atoms with Crippen molar-refractivity contribution in [1.29, 1.82) is 10.5 Å². The summed E-state index contributed by atoms with van der Waals surface area (Å²) >= 11 is 0. The summed E-state index contributed by atoms with van der Waals surface area (Å²) in [5, 5.41) is 18.8. The molecule has 1 aliphatic carbocycles. The third-order valence-electron chi connectivity index (χ3n) is 8.02. The molecule has 0 N–H and O–H groups in total. The zero-order chi connectivity index (χ0) is 25.7. The maximum Gasteiger partial charge on any atom is 0.245 e. The smallest absolute Gasteiger partial charge is 0.245 e. The number of nitrogens with zero attached hydrogens (tertiary/aromatic N) is 8. The first kappa shape index (κ1) is 23.9. The van der Waals surface area contributed by atoms with Crippen LogP contribution in [0.3, 0.4) is 0 Å². The summed E-state index contributed by atoms with van der Waals surface area (Å²) < 4.78 is 13.6. The Morgan fingerprint density at radius 1 is 1.19 bits per heavy atom. The number of hydrogen-bond donors (Lipinski definition) is 0. The molecule has 9 nitrogen and oxygen atoms in total. The Balaban J connectivity index is 1.50. The number of nitriles is 2. The van der Waals surface area contributed by atoms with Gasteiger partial charge in [-0.3, -0.25) is 4.79 Å². The lowest BCUT2D eigenvalue weighted by Gasteiger charge is -2.47. The second-order valence-electron chi connectivity index (χ2n) is 10.5. The molecule has 0 aromatic carbocycles. The second kappa shape index (κ2) is 8.70. The van der Waals surface area contributed by atoms with Crippen LogP contribution in [0.1, 0.15) is 51.2 Å². The van der Waals surface area contributed by atoms with Crippen molar-refractivity contribution in [2.24, 2.45) is 5.41 Å². The van der Waals surface area contributed by atoms with E-state index in [4.69, 9.17) is 4.98 Å². The van der Waals surface area contributed by atoms with Crippen LogP contribution in [0.25, 0.3) is 0 Å². The van der Waals surface area contributed by atoms with E-state index in [1.807, 2.05) is 19.9 Å². The van der Waals surface area contributed by atoms with Gasteiger partial charge in [0.2, 0.25) is 5.91 Å². The predicted molar refractivity (Wildman–Crippen MR) is 131 cm³/mol. The van der Waals surface area contributed by atoms with Crippen LogP contribution < -0.4 is 9.80 Å². The molecule has 5 rings (SSSR count). The van der Waals surface area contributed by atoms with Gasteiger partial charge in [-0.05, 0) is 45.7 Å². The van der Waals surface area contributed by atoms with Crippen LogP contribution in [0.5, 0.6) is 0 Å². The molecule has 1 saturated carbocycles. The summed E-state index contributed by atoms with van der Waals surface area (Å²) in [5.74, 6) is 1.90. The summed E-state index contributed by atoms with van der Waals surface area (Å²) in [4.78, 5) is 33.0. The van der Waals surface area contributed by atoms with Gasteiger partial charge in [-0.15, -0.1) is 0 Å². The SMILES string of the molecule is C[C@@H]1CN(c2ncnc3c2C2(CCC2)CN3c2cc(C#N)ccn2)[C@@H](C)CN1C(=O)[C@@](C)(C#N)CF. The van der Waals surface area contributed by atoms with Crippen molar-refractivity contribution in [2.75, 3.05) is 36.1 Å². The Kier molecular flexibility index (Phi) is 5.78. The Labute approximate surface area is 210 Å². The molecule has 1 saturated heterocycles. The molecule has 3 aliphatic rings. The molecule has 2 aromatic heterocycles. The van der Waals surface area contributed by atoms with Crippen molar-refractivity contribution in [1.82, 2.24) is 19.9 Å². The lowest BCUT2D eigenvalue weighted by atomic mass is 9.66. The van der Waals surface area contributed by atoms with E-state index in [0.717, 1.165) is 43.0 Å². The maximum absolute atomic E-state index is 13.6. The number of carbonyl (C=O) groups excluding carboxylic acids is 1. The molecule has 0 unspecified atom stereocenters. The molecule has 2 aliphatic heterocycles. The van der Waals surface area contributed by atoms with Gasteiger partial charge in [-0.2, -0.15) is 10.5 Å². The van der Waals surface area contributed by atoms with Gasteiger partial charge in [0.05, 0.1) is 17.7 Å². The highest BCUT2D eigenvalue weighted by molar-refractivity contribution is 5.86. The Morgan fingerprint density at radius 2 is 1.94 bits per heavy atom. The van der Waals surface area contributed by atoms with Crippen molar-refractivity contribution in [3.05, 3.63) is 35.8 Å². The third-order valence-corrected chi connectivity index (χ3v) is 8.02. The van der Waals surface area contributed by atoms with E-state index in [0.29, 0.717) is 24.5 Å². The van der Waals surface area contributed by atoms with E-state index in [9.17, 15) is 19.7 Å². The molecular weight excluding hydrogens is 459 g/mol. The van der Waals surface area contributed by atoms with E-state index >= 15 is 0 Å². The van der Waals surface area contributed by atoms with Crippen LogP contribution >= 0.6 is 0 Å². The monoisotopic (exact) mass is 488 g/mol. The quantitative estimate of drug-likeness (QED) is 0.645. The van der Waals surface area contributed by atoms with Gasteiger partial charge in [0.1, 0.15) is 30.5 Å². The first-order chi connectivity index (χ1) is 17.3. The minimum absolute atomic E-state index is 0.0836. The number of anilines is 3. The van der Waals surface area contributed by atoms with Gasteiger partial charge in [-0.1, -0.05) is 6.42 Å². The van der Waals surface area contributed by atoms with Crippen LogP contribution in [0.4, 0.5) is 21.8 Å². The summed E-state index contributed by atoms with van der Waals surface area (Å²) in [6, 6.07) is 7.22. The topological polar surface area (TPSA) is 113 Å². The third kappa shape index (κ3) is 3.55. The Morgan fingerprint density at radius 3 is 2.58 bits per heavy atom. The summed E-state index contributed by atoms with van der Waals surface area (Å²) in [6.07, 6.45) is 6.38. The minimum Gasteiger partial charge on any atom is -0.350 e. The molecule has 0 bridgehead atoms. The number of pyridine rings is 1. The molecule has 1 amide bonds. The molecule has 1 spiro atoms. The molecule has 3 atom stereocenters. The van der Waals surface area contributed by atoms with Crippen LogP contribution in [-0.2, 0) is 10.2 Å². The Bertz CT molecular complexity index is 1280. The molecule has 4 heterocycles. The van der Waals surface area contributed by atoms with Crippen molar-refractivity contribution < 1.29 is 9.18 Å². The molecule has 2 fully saturated rings. The molecule has 2 aromatic rings. The summed E-state index contributed by atoms with van der Waals surface area (Å²) in [5.41, 5.74) is -0.107. The molecule has 0 radical (unpaired) electrons. The van der Waals surface area contributed by atoms with Gasteiger partial charge in [0.15, 0.2) is 5.41 Å². The van der Waals surface area contributed by atoms with Crippen LogP contribution in [0.15, 0.2) is 24.7 Å². The number of fused-ring (bicyclic) bond motifs is 2. The standard InChI is InChI=1S/C26H29FN8O/c1-17-12-34(24(36)25(3,13-27)14-29)18(2)11-33(17)22-21-23(32-16-31-22)35(15-26(21)6-4-7-26)20-9-19(10-28)5-8-30-20/h5,8-9,16-18H,4,6-7,11-13,15H2,1-3H3/t17-,18+,25+/m0/s1. The van der Waals surface area contributed by atoms with Crippen molar-refractivity contribution >= 4 is 23.4 Å². The van der Waals surface area contributed by atoms with E-state index in [2.05, 4.69) is 25.8 Å². The fraction of sp³-hybridized carbons (Fsp3) is 0.538. The van der Waals surface area contributed by atoms with E-state index in [1.54, 1.807) is 29.6 Å². The zero-order valence-electron chi connectivity index (χ0n) is 20.8. The van der Waals surface area contributed by atoms with E-state index in [1.165, 1.54) is 6.92 Å². The van der Waals surface area contributed by atoms with Gasteiger partial charge < -0.3 is 14.7 Å². The number of amides is 1. The number of hydrogen-bond acceptors (Lipinski definition) is 8. The minimum atomic E-state index is -1.67. The van der Waals surface area contributed by atoms with E-state index in [-0.39, 0.29) is 17.5 Å². The first-order valence-electron chi connectivity index (χ1n) is 12.3. The second-order valence-corrected chi connectivity index (χ2v) is 10.5. The normalized spacial score (nSPS) is 23.9. The van der Waals surface area contributed by atoms with Crippen LogP contribution in [0, 0.1) is 28.1 Å². The Hall–Kier alpha value is -3.79. The van der Waals surface area contributed by atoms with Gasteiger partial charge in [-0.25, -0.2) is 19.3 Å². The van der Waals surface area contributed by atoms with Crippen LogP contribution in [-0.4, -0.2) is 64.2 Å². The molecule has 36 heavy (non-hydrogen) atoms. The molecular formula is C26H29FN8O. The van der Waals surface area contributed by atoms with Crippen LogP contribution in [0.2, 0.25) is 0 Å². The number of piperazine rings is 1. The summed E-state index contributed by atoms with van der Waals surface area (Å²) in [7, 11) is 0. The molecule has 10 heteroatoms. The highest BCUT2D eigenvalue weighted by Gasteiger charge is 2.52. The molecule has 186 valence electrons. The first-order valence-corrected chi connectivity index (χ1v) is 12.3. The lowest BCUT2D eigenvalue weighted by Crippen LogP contribution is -2.61. The van der Waals surface area contributed by atoms with Crippen molar-refractivity contribution in [3.63, 3.8) is 0 Å². The fourth-order valence-corrected chi connectivity index (χ4v) is 5.71. The number of aromatic nitrogens is 3. The summed E-state index contributed by atoms with van der Waals surface area (Å²) in [6.45, 7) is 5.92. The zero-order valence-corrected chi connectivity index (χ0v) is 20.8. The lowest BCUT2D eigenvalue weighted by molar-refractivity contribution is -0.142. The predicted octanol–water partition coefficient (Wildman–Crippen LogP) is 3.24. The van der Waals surface area contributed by atoms with Crippen molar-refractivity contribution in [3.8, 4) is 12.1 Å². The average Bonchev–Trinajstić information content (AvgIpc) is 3.25. The number of carbonyl (C=O) groups is 1. The fourth-order valence-electron chi connectivity index (χ4n) is 5.71. The van der Waals surface area contributed by atoms with E-state index < -0.39 is 18.0 Å². The van der Waals surface area contributed by atoms with Gasteiger partial charge in [0.25, 0.3) is 0 Å². The number of alkyl halides is 1. The number of rotatable bonds is 4. The highest BCUT2D eigenvalue weighted by atomic mass is 19.1. The van der Waals surface area contributed by atoms with Gasteiger partial charge >= 0.3 is 0 Å². The van der Waals surface area contributed by atoms with Gasteiger partial charge in [0, 0.05) is 48.9 Å². The average molecular weight is 489 g/mol. The maximum atomic E-state index is 13.6.